The number of fused-ring (bicyclic) bond motifs is 1. The van der Waals surface area contributed by atoms with E-state index in [-0.39, 0.29) is 5.97 Å². The summed E-state index contributed by atoms with van der Waals surface area (Å²) in [5, 5.41) is 1.15. The van der Waals surface area contributed by atoms with Crippen LogP contribution in [0.25, 0.3) is 10.9 Å². The van der Waals surface area contributed by atoms with Crippen molar-refractivity contribution in [3.63, 3.8) is 0 Å². The molecule has 0 N–H and O–H groups in total. The zero-order valence-electron chi connectivity index (χ0n) is 16.1. The van der Waals surface area contributed by atoms with Crippen LogP contribution in [0.1, 0.15) is 25.8 Å². The van der Waals surface area contributed by atoms with Crippen molar-refractivity contribution in [1.29, 1.82) is 0 Å². The van der Waals surface area contributed by atoms with Crippen LogP contribution in [0.3, 0.4) is 0 Å². The van der Waals surface area contributed by atoms with Gasteiger partial charge in [-0.15, -0.1) is 0 Å². The Morgan fingerprint density at radius 3 is 2.36 bits per heavy atom. The van der Waals surface area contributed by atoms with Crippen LogP contribution in [0, 0.1) is 0 Å². The molecule has 0 amide bonds. The molecule has 7 heteroatoms. The van der Waals surface area contributed by atoms with Gasteiger partial charge in [0, 0.05) is 44.7 Å². The topological polar surface area (TPSA) is 71.5 Å². The SMILES string of the molecule is CC(=O)O[C@H](C)c1nccc(N2CCN(c3ccc4ccccc4n3)CC2)n1. The predicted octanol–water partition coefficient (Wildman–Crippen LogP) is 2.98. The quantitative estimate of drug-likeness (QED) is 0.647. The first-order valence-corrected chi connectivity index (χ1v) is 9.46. The second-order valence-corrected chi connectivity index (χ2v) is 6.86. The van der Waals surface area contributed by atoms with Gasteiger partial charge in [0.1, 0.15) is 11.6 Å². The van der Waals surface area contributed by atoms with Gasteiger partial charge >= 0.3 is 5.97 Å². The van der Waals surface area contributed by atoms with Gasteiger partial charge in [-0.25, -0.2) is 15.0 Å². The molecule has 28 heavy (non-hydrogen) atoms. The van der Waals surface area contributed by atoms with Crippen molar-refractivity contribution in [2.75, 3.05) is 36.0 Å². The largest absolute Gasteiger partial charge is 0.455 e. The molecule has 0 saturated carbocycles. The number of esters is 1. The third-order valence-electron chi connectivity index (χ3n) is 4.88. The molecule has 1 atom stereocenters. The molecule has 1 aliphatic rings. The van der Waals surface area contributed by atoms with Gasteiger partial charge < -0.3 is 14.5 Å². The van der Waals surface area contributed by atoms with Gasteiger partial charge in [0.05, 0.1) is 5.52 Å². The number of hydrogen-bond donors (Lipinski definition) is 0. The first kappa shape index (κ1) is 18.2. The maximum Gasteiger partial charge on any atom is 0.303 e. The Morgan fingerprint density at radius 2 is 1.64 bits per heavy atom. The standard InChI is InChI=1S/C21H23N5O2/c1-15(28-16(2)27)21-22-10-9-20(24-21)26-13-11-25(12-14-26)19-8-7-17-5-3-4-6-18(17)23-19/h3-10,15H,11-14H2,1-2H3/t15-/m1/s1. The molecule has 1 saturated heterocycles. The maximum absolute atomic E-state index is 11.2. The second-order valence-electron chi connectivity index (χ2n) is 6.86. The number of benzene rings is 1. The summed E-state index contributed by atoms with van der Waals surface area (Å²) in [6, 6.07) is 14.3. The first-order chi connectivity index (χ1) is 13.6. The van der Waals surface area contributed by atoms with E-state index in [2.05, 4.69) is 38.0 Å². The van der Waals surface area contributed by atoms with E-state index in [1.54, 1.807) is 13.1 Å². The fraction of sp³-hybridized carbons (Fsp3) is 0.333. The van der Waals surface area contributed by atoms with Crippen LogP contribution in [-0.2, 0) is 9.53 Å². The Labute approximate surface area is 164 Å². The number of carbonyl (C=O) groups excluding carboxylic acids is 1. The van der Waals surface area contributed by atoms with Crippen molar-refractivity contribution >= 4 is 28.5 Å². The minimum atomic E-state index is -0.458. The lowest BCUT2D eigenvalue weighted by molar-refractivity contribution is -0.146. The summed E-state index contributed by atoms with van der Waals surface area (Å²) in [4.78, 5) is 29.3. The molecule has 1 aromatic carbocycles. The number of ether oxygens (including phenoxy) is 1. The molecule has 1 fully saturated rings. The zero-order valence-corrected chi connectivity index (χ0v) is 16.1. The van der Waals surface area contributed by atoms with E-state index in [1.165, 1.54) is 6.92 Å². The van der Waals surface area contributed by atoms with E-state index < -0.39 is 6.10 Å². The summed E-state index contributed by atoms with van der Waals surface area (Å²) < 4.78 is 5.19. The van der Waals surface area contributed by atoms with Crippen LogP contribution >= 0.6 is 0 Å². The lowest BCUT2D eigenvalue weighted by atomic mass is 10.2. The fourth-order valence-corrected chi connectivity index (χ4v) is 3.43. The van der Waals surface area contributed by atoms with E-state index in [4.69, 9.17) is 9.72 Å². The number of piperazine rings is 1. The number of nitrogens with zero attached hydrogens (tertiary/aromatic N) is 5. The van der Waals surface area contributed by atoms with Crippen molar-refractivity contribution in [3.05, 3.63) is 54.5 Å². The third kappa shape index (κ3) is 3.88. The van der Waals surface area contributed by atoms with Gasteiger partial charge in [0.2, 0.25) is 0 Å². The van der Waals surface area contributed by atoms with Crippen molar-refractivity contribution in [3.8, 4) is 0 Å². The van der Waals surface area contributed by atoms with Crippen LogP contribution in [-0.4, -0.2) is 47.1 Å². The zero-order chi connectivity index (χ0) is 19.5. The smallest absolute Gasteiger partial charge is 0.303 e. The number of hydrogen-bond acceptors (Lipinski definition) is 7. The molecular formula is C21H23N5O2. The number of carbonyl (C=O) groups is 1. The van der Waals surface area contributed by atoms with Crippen molar-refractivity contribution < 1.29 is 9.53 Å². The van der Waals surface area contributed by atoms with Crippen LogP contribution in [0.15, 0.2) is 48.7 Å². The summed E-state index contributed by atoms with van der Waals surface area (Å²) >= 11 is 0. The molecule has 3 aromatic rings. The Balaban J connectivity index is 1.44. The lowest BCUT2D eigenvalue weighted by Gasteiger charge is -2.36. The first-order valence-electron chi connectivity index (χ1n) is 9.46. The monoisotopic (exact) mass is 377 g/mol. The Kier molecular flexibility index (Phi) is 5.06. The number of anilines is 2. The molecule has 0 bridgehead atoms. The van der Waals surface area contributed by atoms with Crippen LogP contribution < -0.4 is 9.80 Å². The molecule has 144 valence electrons. The second kappa shape index (κ2) is 7.80. The minimum absolute atomic E-state index is 0.335. The molecule has 2 aromatic heterocycles. The van der Waals surface area contributed by atoms with Crippen molar-refractivity contribution in [2.45, 2.75) is 20.0 Å². The summed E-state index contributed by atoms with van der Waals surface area (Å²) in [6.45, 7) is 6.58. The van der Waals surface area contributed by atoms with E-state index >= 15 is 0 Å². The highest BCUT2D eigenvalue weighted by Gasteiger charge is 2.21. The molecule has 0 unspecified atom stereocenters. The van der Waals surface area contributed by atoms with Gasteiger partial charge in [-0.05, 0) is 31.2 Å². The third-order valence-corrected chi connectivity index (χ3v) is 4.88. The summed E-state index contributed by atoms with van der Waals surface area (Å²) in [5.41, 5.74) is 1.02. The van der Waals surface area contributed by atoms with E-state index in [0.29, 0.717) is 5.82 Å². The van der Waals surface area contributed by atoms with Crippen LogP contribution in [0.5, 0.6) is 0 Å². The fourth-order valence-electron chi connectivity index (χ4n) is 3.43. The van der Waals surface area contributed by atoms with Gasteiger partial charge in [0.25, 0.3) is 0 Å². The normalized spacial score (nSPS) is 15.5. The van der Waals surface area contributed by atoms with Gasteiger partial charge in [-0.2, -0.15) is 0 Å². The highest BCUT2D eigenvalue weighted by molar-refractivity contribution is 5.80. The van der Waals surface area contributed by atoms with Crippen LogP contribution in [0.4, 0.5) is 11.6 Å². The Hall–Kier alpha value is -3.22. The van der Waals surface area contributed by atoms with Crippen LogP contribution in [0.2, 0.25) is 0 Å². The maximum atomic E-state index is 11.2. The van der Waals surface area contributed by atoms with Gasteiger partial charge in [-0.3, -0.25) is 4.79 Å². The predicted molar refractivity (Wildman–Crippen MR) is 108 cm³/mol. The highest BCUT2D eigenvalue weighted by atomic mass is 16.5. The van der Waals surface area contributed by atoms with Crippen molar-refractivity contribution in [1.82, 2.24) is 15.0 Å². The Bertz CT molecular complexity index is 985. The average Bonchev–Trinajstić information content (AvgIpc) is 2.73. The molecular weight excluding hydrogens is 354 g/mol. The van der Waals surface area contributed by atoms with E-state index in [1.807, 2.05) is 24.3 Å². The summed E-state index contributed by atoms with van der Waals surface area (Å²) in [7, 11) is 0. The number of aromatic nitrogens is 3. The number of pyridine rings is 1. The Morgan fingerprint density at radius 1 is 0.964 bits per heavy atom. The molecule has 0 radical (unpaired) electrons. The molecule has 4 rings (SSSR count). The van der Waals surface area contributed by atoms with Gasteiger partial charge in [-0.1, -0.05) is 18.2 Å². The average molecular weight is 377 g/mol. The minimum Gasteiger partial charge on any atom is -0.455 e. The molecule has 7 nitrogen and oxygen atoms in total. The molecule has 1 aliphatic heterocycles. The number of para-hydroxylation sites is 1. The van der Waals surface area contributed by atoms with Crippen molar-refractivity contribution in [2.24, 2.45) is 0 Å². The van der Waals surface area contributed by atoms with Gasteiger partial charge in [0.15, 0.2) is 11.9 Å². The molecule has 0 aliphatic carbocycles. The number of rotatable bonds is 4. The summed E-state index contributed by atoms with van der Waals surface area (Å²) in [5.74, 6) is 2.05. The van der Waals surface area contributed by atoms with E-state index in [0.717, 1.165) is 48.7 Å². The lowest BCUT2D eigenvalue weighted by Crippen LogP contribution is -2.47. The summed E-state index contributed by atoms with van der Waals surface area (Å²) in [6.07, 6.45) is 1.26. The van der Waals surface area contributed by atoms with E-state index in [9.17, 15) is 4.79 Å². The molecule has 3 heterocycles. The molecule has 0 spiro atoms. The highest BCUT2D eigenvalue weighted by Crippen LogP contribution is 2.22.